The van der Waals surface area contributed by atoms with E-state index in [2.05, 4.69) is 4.98 Å². The van der Waals surface area contributed by atoms with E-state index in [4.69, 9.17) is 4.74 Å². The summed E-state index contributed by atoms with van der Waals surface area (Å²) in [4.78, 5) is 15.4. The zero-order valence-electron chi connectivity index (χ0n) is 8.67. The second kappa shape index (κ2) is 5.96. The van der Waals surface area contributed by atoms with Crippen molar-refractivity contribution in [2.75, 3.05) is 0 Å². The first-order chi connectivity index (χ1) is 7.75. The number of aromatic nitrogens is 1. The van der Waals surface area contributed by atoms with Crippen molar-refractivity contribution in [2.24, 2.45) is 0 Å². The summed E-state index contributed by atoms with van der Waals surface area (Å²) >= 11 is 0. The van der Waals surface area contributed by atoms with Gasteiger partial charge in [-0.1, -0.05) is 0 Å². The lowest BCUT2D eigenvalue weighted by Crippen LogP contribution is -2.08. The molecular formula is C12H9ClFNO2. The molecule has 0 spiro atoms. The first kappa shape index (κ1) is 13.1. The number of hydrogen-bond donors (Lipinski definition) is 0. The fraction of sp³-hybridized carbons (Fsp3) is 0. The lowest BCUT2D eigenvalue weighted by molar-refractivity contribution is 0.0734. The van der Waals surface area contributed by atoms with Crippen molar-refractivity contribution in [1.29, 1.82) is 0 Å². The maximum Gasteiger partial charge on any atom is 0.343 e. The van der Waals surface area contributed by atoms with Crippen LogP contribution in [0.15, 0.2) is 48.8 Å². The van der Waals surface area contributed by atoms with Crippen LogP contribution in [0.1, 0.15) is 10.4 Å². The molecule has 0 aliphatic rings. The summed E-state index contributed by atoms with van der Waals surface area (Å²) in [5, 5.41) is 0. The third kappa shape index (κ3) is 3.53. The molecule has 0 aliphatic carbocycles. The Morgan fingerprint density at radius 1 is 1.18 bits per heavy atom. The fourth-order valence-electron chi connectivity index (χ4n) is 1.16. The maximum absolute atomic E-state index is 12.6. The molecule has 0 unspecified atom stereocenters. The summed E-state index contributed by atoms with van der Waals surface area (Å²) in [5.41, 5.74) is 0.297. The minimum Gasteiger partial charge on any atom is -0.421 e. The number of halogens is 2. The van der Waals surface area contributed by atoms with Gasteiger partial charge in [0.05, 0.1) is 11.8 Å². The lowest BCUT2D eigenvalue weighted by Gasteiger charge is -2.02. The van der Waals surface area contributed by atoms with Crippen molar-refractivity contribution in [2.45, 2.75) is 0 Å². The number of hydrogen-bond acceptors (Lipinski definition) is 3. The fourth-order valence-corrected chi connectivity index (χ4v) is 1.16. The molecule has 2 rings (SSSR count). The van der Waals surface area contributed by atoms with Gasteiger partial charge in [0.2, 0.25) is 0 Å². The Hall–Kier alpha value is -1.94. The molecule has 0 fully saturated rings. The van der Waals surface area contributed by atoms with Gasteiger partial charge in [0, 0.05) is 6.20 Å². The van der Waals surface area contributed by atoms with Gasteiger partial charge < -0.3 is 4.74 Å². The Morgan fingerprint density at radius 2 is 1.88 bits per heavy atom. The quantitative estimate of drug-likeness (QED) is 0.773. The van der Waals surface area contributed by atoms with Crippen molar-refractivity contribution in [1.82, 2.24) is 4.98 Å². The molecule has 88 valence electrons. The number of ether oxygens (including phenoxy) is 1. The predicted molar refractivity (Wildman–Crippen MR) is 62.8 cm³/mol. The third-order valence-corrected chi connectivity index (χ3v) is 1.92. The van der Waals surface area contributed by atoms with Gasteiger partial charge in [0.1, 0.15) is 11.6 Å². The summed E-state index contributed by atoms with van der Waals surface area (Å²) in [6.45, 7) is 0. The van der Waals surface area contributed by atoms with Crippen LogP contribution in [0.3, 0.4) is 0 Å². The van der Waals surface area contributed by atoms with Crippen LogP contribution in [0.5, 0.6) is 5.75 Å². The summed E-state index contributed by atoms with van der Waals surface area (Å²) in [6, 6.07) is 8.43. The highest BCUT2D eigenvalue weighted by Crippen LogP contribution is 2.10. The highest BCUT2D eigenvalue weighted by Gasteiger charge is 2.07. The molecule has 1 heterocycles. The first-order valence-electron chi connectivity index (χ1n) is 4.63. The van der Waals surface area contributed by atoms with Gasteiger partial charge in [0.15, 0.2) is 0 Å². The second-order valence-corrected chi connectivity index (χ2v) is 3.09. The maximum atomic E-state index is 12.6. The molecule has 2 aromatic rings. The molecule has 5 heteroatoms. The summed E-state index contributed by atoms with van der Waals surface area (Å²) < 4.78 is 17.6. The minimum absolute atomic E-state index is 0. The van der Waals surface area contributed by atoms with Crippen molar-refractivity contribution < 1.29 is 13.9 Å². The smallest absolute Gasteiger partial charge is 0.343 e. The predicted octanol–water partition coefficient (Wildman–Crippen LogP) is 2.86. The van der Waals surface area contributed by atoms with Crippen LogP contribution in [0, 0.1) is 5.82 Å². The molecule has 17 heavy (non-hydrogen) atoms. The van der Waals surface area contributed by atoms with Crippen LogP contribution in [-0.4, -0.2) is 11.0 Å². The summed E-state index contributed by atoms with van der Waals surface area (Å²) in [7, 11) is 0. The highest BCUT2D eigenvalue weighted by atomic mass is 35.5. The van der Waals surface area contributed by atoms with Gasteiger partial charge in [-0.3, -0.25) is 4.98 Å². The number of pyridine rings is 1. The van der Waals surface area contributed by atoms with E-state index in [-0.39, 0.29) is 12.4 Å². The Balaban J connectivity index is 0.00000144. The standard InChI is InChI=1S/C12H8FNO2.ClH/c13-10-5-3-9(4-6-10)12(15)16-11-2-1-7-14-8-11;/h1-8H;1H. The zero-order valence-corrected chi connectivity index (χ0v) is 9.49. The van der Waals surface area contributed by atoms with E-state index in [1.807, 2.05) is 0 Å². The van der Waals surface area contributed by atoms with Crippen molar-refractivity contribution in [3.8, 4) is 5.75 Å². The van der Waals surface area contributed by atoms with Crippen molar-refractivity contribution in [3.63, 3.8) is 0 Å². The second-order valence-electron chi connectivity index (χ2n) is 3.09. The molecule has 0 amide bonds. The highest BCUT2D eigenvalue weighted by molar-refractivity contribution is 5.90. The normalized spacial score (nSPS) is 9.24. The third-order valence-electron chi connectivity index (χ3n) is 1.92. The molecule has 0 N–H and O–H groups in total. The molecule has 3 nitrogen and oxygen atoms in total. The monoisotopic (exact) mass is 253 g/mol. The van der Waals surface area contributed by atoms with E-state index in [1.54, 1.807) is 18.3 Å². The minimum atomic E-state index is -0.534. The molecule has 0 saturated carbocycles. The molecule has 0 atom stereocenters. The van der Waals surface area contributed by atoms with Gasteiger partial charge in [-0.15, -0.1) is 12.4 Å². The van der Waals surface area contributed by atoms with E-state index in [0.717, 1.165) is 0 Å². The van der Waals surface area contributed by atoms with Gasteiger partial charge >= 0.3 is 5.97 Å². The molecule has 0 radical (unpaired) electrons. The van der Waals surface area contributed by atoms with E-state index < -0.39 is 11.8 Å². The largest absolute Gasteiger partial charge is 0.421 e. The van der Waals surface area contributed by atoms with Crippen molar-refractivity contribution >= 4 is 18.4 Å². The number of benzene rings is 1. The van der Waals surface area contributed by atoms with E-state index in [1.165, 1.54) is 30.5 Å². The summed E-state index contributed by atoms with van der Waals surface area (Å²) in [5.74, 6) is -0.567. The van der Waals surface area contributed by atoms with Crippen molar-refractivity contribution in [3.05, 3.63) is 60.2 Å². The first-order valence-corrected chi connectivity index (χ1v) is 4.63. The Labute approximate surface area is 104 Å². The molecule has 1 aromatic carbocycles. The van der Waals surface area contributed by atoms with Crippen LogP contribution in [-0.2, 0) is 0 Å². The Bertz CT molecular complexity index is 488. The summed E-state index contributed by atoms with van der Waals surface area (Å²) in [6.07, 6.45) is 3.01. The molecular weight excluding hydrogens is 245 g/mol. The molecule has 0 aliphatic heterocycles. The van der Waals surface area contributed by atoms with Gasteiger partial charge in [-0.25, -0.2) is 9.18 Å². The van der Waals surface area contributed by atoms with Crippen LogP contribution in [0.25, 0.3) is 0 Å². The number of rotatable bonds is 2. The SMILES string of the molecule is Cl.O=C(Oc1cccnc1)c1ccc(F)cc1. The van der Waals surface area contributed by atoms with Gasteiger partial charge in [0.25, 0.3) is 0 Å². The van der Waals surface area contributed by atoms with E-state index in [9.17, 15) is 9.18 Å². The molecule has 1 aromatic heterocycles. The van der Waals surface area contributed by atoms with Crippen LogP contribution in [0.4, 0.5) is 4.39 Å². The van der Waals surface area contributed by atoms with Crippen LogP contribution in [0.2, 0.25) is 0 Å². The number of nitrogens with zero attached hydrogens (tertiary/aromatic N) is 1. The number of esters is 1. The lowest BCUT2D eigenvalue weighted by atomic mass is 10.2. The molecule has 0 saturated heterocycles. The number of carbonyl (C=O) groups is 1. The zero-order chi connectivity index (χ0) is 11.4. The molecule has 0 bridgehead atoms. The Morgan fingerprint density at radius 3 is 2.47 bits per heavy atom. The van der Waals surface area contributed by atoms with E-state index in [0.29, 0.717) is 11.3 Å². The average Bonchev–Trinajstić information content (AvgIpc) is 2.31. The van der Waals surface area contributed by atoms with Crippen LogP contribution < -0.4 is 4.74 Å². The van der Waals surface area contributed by atoms with Gasteiger partial charge in [-0.2, -0.15) is 0 Å². The topological polar surface area (TPSA) is 39.2 Å². The van der Waals surface area contributed by atoms with E-state index >= 15 is 0 Å². The number of carbonyl (C=O) groups excluding carboxylic acids is 1. The van der Waals surface area contributed by atoms with Crippen LogP contribution >= 0.6 is 12.4 Å². The Kier molecular flexibility index (Phi) is 4.60. The average molecular weight is 254 g/mol. The van der Waals surface area contributed by atoms with Gasteiger partial charge in [-0.05, 0) is 36.4 Å².